The molecule has 194 valence electrons. The zero-order chi connectivity index (χ0) is 25.2. The molecule has 9 nitrogen and oxygen atoms in total. The van der Waals surface area contributed by atoms with Crippen LogP contribution in [0.1, 0.15) is 76.5 Å². The molecule has 1 aliphatic rings. The summed E-state index contributed by atoms with van der Waals surface area (Å²) in [5.41, 5.74) is 9.32. The van der Waals surface area contributed by atoms with Crippen LogP contribution in [0.4, 0.5) is 10.5 Å². The molecule has 0 bridgehead atoms. The highest BCUT2D eigenvalue weighted by Gasteiger charge is 2.24. The van der Waals surface area contributed by atoms with Gasteiger partial charge in [0.2, 0.25) is 5.91 Å². The molecule has 1 saturated heterocycles. The molecular weight excluding hydrogens is 510 g/mol. The van der Waals surface area contributed by atoms with E-state index >= 15 is 0 Å². The quantitative estimate of drug-likeness (QED) is 0.254. The molecule has 4 N–H and O–H groups in total. The predicted molar refractivity (Wildman–Crippen MR) is 144 cm³/mol. The Bertz CT molecular complexity index is 986. The van der Waals surface area contributed by atoms with Gasteiger partial charge in [0.25, 0.3) is 0 Å². The average molecular weight is 551 g/mol. The van der Waals surface area contributed by atoms with Crippen molar-refractivity contribution in [2.45, 2.75) is 90.8 Å². The Hall–Kier alpha value is -2.36. The number of unbranched alkanes of at least 4 members (excludes halogenated alkanes) is 4. The third kappa shape index (κ3) is 7.32. The van der Waals surface area contributed by atoms with Crippen molar-refractivity contribution < 1.29 is 9.59 Å². The van der Waals surface area contributed by atoms with E-state index in [2.05, 4.69) is 45.5 Å². The van der Waals surface area contributed by atoms with E-state index in [4.69, 9.17) is 10.7 Å². The van der Waals surface area contributed by atoms with Crippen LogP contribution in [-0.4, -0.2) is 56.1 Å². The number of urea groups is 1. The molecule has 1 fully saturated rings. The van der Waals surface area contributed by atoms with Crippen LogP contribution >= 0.6 is 15.9 Å². The fraction of sp³-hybridized carbons (Fsp3) is 0.680. The number of hydrogen-bond donors (Lipinski definition) is 3. The second kappa shape index (κ2) is 13.7. The van der Waals surface area contributed by atoms with Crippen LogP contribution in [0.5, 0.6) is 0 Å². The van der Waals surface area contributed by atoms with Gasteiger partial charge in [-0.3, -0.25) is 4.79 Å². The van der Waals surface area contributed by atoms with Crippen molar-refractivity contribution in [2.75, 3.05) is 23.7 Å². The molecule has 0 radical (unpaired) electrons. The van der Waals surface area contributed by atoms with E-state index in [1.165, 1.54) is 19.3 Å². The normalized spacial score (nSPS) is 14.4. The smallest absolute Gasteiger partial charge is 0.314 e. The SMILES string of the molecule is CCc1nc2c(cnn2CC)c(NC2CCN(C(N)=O)CC2)c1CNC(=O)CCCCCCCBr. The number of alkyl halides is 1. The van der Waals surface area contributed by atoms with Crippen LogP contribution in [-0.2, 0) is 24.3 Å². The highest BCUT2D eigenvalue weighted by Crippen LogP contribution is 2.31. The molecule has 1 aliphatic heterocycles. The lowest BCUT2D eigenvalue weighted by molar-refractivity contribution is -0.121. The van der Waals surface area contributed by atoms with Gasteiger partial charge >= 0.3 is 6.03 Å². The number of carbonyl (C=O) groups is 2. The lowest BCUT2D eigenvalue weighted by atomic mass is 10.0. The Balaban J connectivity index is 1.74. The van der Waals surface area contributed by atoms with E-state index in [0.717, 1.165) is 72.0 Å². The van der Waals surface area contributed by atoms with E-state index in [0.29, 0.717) is 26.1 Å². The summed E-state index contributed by atoms with van der Waals surface area (Å²) in [5, 5.41) is 13.4. The number of likely N-dealkylation sites (tertiary alicyclic amines) is 1. The van der Waals surface area contributed by atoms with E-state index in [9.17, 15) is 9.59 Å². The Morgan fingerprint density at radius 1 is 1.14 bits per heavy atom. The van der Waals surface area contributed by atoms with Crippen LogP contribution in [0.3, 0.4) is 0 Å². The summed E-state index contributed by atoms with van der Waals surface area (Å²) in [5.74, 6) is 0.0811. The minimum Gasteiger partial charge on any atom is -0.381 e. The molecule has 3 heterocycles. The zero-order valence-corrected chi connectivity index (χ0v) is 22.7. The maximum absolute atomic E-state index is 12.6. The van der Waals surface area contributed by atoms with Gasteiger partial charge in [-0.2, -0.15) is 5.10 Å². The van der Waals surface area contributed by atoms with Crippen molar-refractivity contribution in [1.82, 2.24) is 25.0 Å². The number of rotatable bonds is 13. The monoisotopic (exact) mass is 549 g/mol. The number of halogens is 1. The summed E-state index contributed by atoms with van der Waals surface area (Å²) >= 11 is 3.46. The van der Waals surface area contributed by atoms with Gasteiger partial charge in [-0.05, 0) is 39.0 Å². The first kappa shape index (κ1) is 27.2. The standard InChI is InChI=1S/C25H40BrN7O2/c1-3-21-19(16-28-22(34)10-8-6-5-7-9-13-26)23(20-17-29-33(4-2)24(20)31-21)30-18-11-14-32(15-12-18)25(27)35/h17-18H,3-16H2,1-2H3,(H2,27,35)(H,28,34)(H,30,31). The molecule has 0 saturated carbocycles. The molecule has 3 rings (SSSR count). The van der Waals surface area contributed by atoms with Gasteiger partial charge in [-0.25, -0.2) is 14.5 Å². The fourth-order valence-electron chi connectivity index (χ4n) is 4.69. The van der Waals surface area contributed by atoms with E-state index in [1.807, 2.05) is 10.9 Å². The van der Waals surface area contributed by atoms with Crippen molar-refractivity contribution in [3.8, 4) is 0 Å². The second-order valence-corrected chi connectivity index (χ2v) is 9.98. The maximum atomic E-state index is 12.6. The van der Waals surface area contributed by atoms with Crippen LogP contribution in [0.15, 0.2) is 6.20 Å². The number of aryl methyl sites for hydroxylation is 2. The second-order valence-electron chi connectivity index (χ2n) is 9.19. The molecule has 2 aromatic heterocycles. The zero-order valence-electron chi connectivity index (χ0n) is 21.1. The lowest BCUT2D eigenvalue weighted by Gasteiger charge is -2.32. The number of aromatic nitrogens is 3. The molecule has 0 aromatic carbocycles. The summed E-state index contributed by atoms with van der Waals surface area (Å²) in [7, 11) is 0. The van der Waals surface area contributed by atoms with Gasteiger partial charge in [0.15, 0.2) is 5.65 Å². The van der Waals surface area contributed by atoms with Crippen LogP contribution in [0.25, 0.3) is 11.0 Å². The predicted octanol–water partition coefficient (Wildman–Crippen LogP) is 4.32. The molecule has 2 aromatic rings. The number of amides is 3. The Labute approximate surface area is 216 Å². The van der Waals surface area contributed by atoms with E-state index in [-0.39, 0.29) is 18.0 Å². The number of fused-ring (bicyclic) bond motifs is 1. The molecular formula is C25H40BrN7O2. The van der Waals surface area contributed by atoms with E-state index in [1.54, 1.807) is 4.90 Å². The van der Waals surface area contributed by atoms with Gasteiger partial charge in [-0.15, -0.1) is 0 Å². The molecule has 0 unspecified atom stereocenters. The molecule has 0 atom stereocenters. The van der Waals surface area contributed by atoms with Gasteiger partial charge < -0.3 is 21.3 Å². The van der Waals surface area contributed by atoms with Gasteiger partial charge in [0.05, 0.1) is 17.3 Å². The van der Waals surface area contributed by atoms with Gasteiger partial charge in [0, 0.05) is 55.2 Å². The summed E-state index contributed by atoms with van der Waals surface area (Å²) in [6, 6.07) is -0.154. The average Bonchev–Trinajstić information content (AvgIpc) is 3.28. The third-order valence-electron chi connectivity index (χ3n) is 6.76. The number of pyridine rings is 1. The van der Waals surface area contributed by atoms with Crippen molar-refractivity contribution >= 4 is 44.6 Å². The van der Waals surface area contributed by atoms with Crippen LogP contribution in [0.2, 0.25) is 0 Å². The first-order valence-corrected chi connectivity index (χ1v) is 14.1. The first-order valence-electron chi connectivity index (χ1n) is 13.0. The number of carbonyl (C=O) groups excluding carboxylic acids is 2. The van der Waals surface area contributed by atoms with Crippen molar-refractivity contribution in [3.63, 3.8) is 0 Å². The number of nitrogens with two attached hydrogens (primary N) is 1. The highest BCUT2D eigenvalue weighted by atomic mass is 79.9. The highest BCUT2D eigenvalue weighted by molar-refractivity contribution is 9.09. The van der Waals surface area contributed by atoms with Gasteiger partial charge in [0.1, 0.15) is 0 Å². The molecule has 0 aliphatic carbocycles. The Morgan fingerprint density at radius 3 is 2.51 bits per heavy atom. The largest absolute Gasteiger partial charge is 0.381 e. The number of piperidine rings is 1. The number of anilines is 1. The summed E-state index contributed by atoms with van der Waals surface area (Å²) in [6.45, 7) is 6.60. The maximum Gasteiger partial charge on any atom is 0.314 e. The van der Waals surface area contributed by atoms with Gasteiger partial charge in [-0.1, -0.05) is 42.1 Å². The topological polar surface area (TPSA) is 118 Å². The number of hydrogen-bond acceptors (Lipinski definition) is 5. The number of nitrogens with one attached hydrogen (secondary N) is 2. The minimum absolute atomic E-state index is 0.0811. The number of nitrogens with zero attached hydrogens (tertiary/aromatic N) is 4. The fourth-order valence-corrected chi connectivity index (χ4v) is 5.09. The molecule has 0 spiro atoms. The summed E-state index contributed by atoms with van der Waals surface area (Å²) < 4.78 is 1.91. The first-order chi connectivity index (χ1) is 17.0. The lowest BCUT2D eigenvalue weighted by Crippen LogP contribution is -2.44. The molecule has 3 amide bonds. The van der Waals surface area contributed by atoms with Crippen LogP contribution in [0, 0.1) is 0 Å². The third-order valence-corrected chi connectivity index (χ3v) is 7.32. The van der Waals surface area contributed by atoms with Crippen molar-refractivity contribution in [1.29, 1.82) is 0 Å². The minimum atomic E-state index is -0.362. The molecule has 35 heavy (non-hydrogen) atoms. The van der Waals surface area contributed by atoms with Crippen LogP contribution < -0.4 is 16.4 Å². The molecule has 10 heteroatoms. The Morgan fingerprint density at radius 2 is 1.86 bits per heavy atom. The number of primary amides is 1. The van der Waals surface area contributed by atoms with E-state index < -0.39 is 0 Å². The summed E-state index contributed by atoms with van der Waals surface area (Å²) in [4.78, 5) is 30.7. The Kier molecular flexibility index (Phi) is 10.6. The summed E-state index contributed by atoms with van der Waals surface area (Å²) in [6.07, 6.45) is 10.4. The van der Waals surface area contributed by atoms with Crippen molar-refractivity contribution in [2.24, 2.45) is 5.73 Å². The van der Waals surface area contributed by atoms with Crippen molar-refractivity contribution in [3.05, 3.63) is 17.5 Å².